The Hall–Kier alpha value is -1.39. The second kappa shape index (κ2) is 4.85. The molecule has 4 heteroatoms. The highest BCUT2D eigenvalue weighted by Crippen LogP contribution is 2.28. The van der Waals surface area contributed by atoms with E-state index in [-0.39, 0.29) is 4.69 Å². The SMILES string of the molecule is COc1cccc2ccc(C(N)C(=O)Br)cc12. The van der Waals surface area contributed by atoms with Crippen LogP contribution in [0.15, 0.2) is 36.4 Å². The van der Waals surface area contributed by atoms with Crippen LogP contribution in [-0.4, -0.2) is 11.8 Å². The van der Waals surface area contributed by atoms with Crippen LogP contribution in [0.2, 0.25) is 0 Å². The Balaban J connectivity index is 2.59. The van der Waals surface area contributed by atoms with Crippen LogP contribution >= 0.6 is 15.9 Å². The average molecular weight is 294 g/mol. The standard InChI is InChI=1S/C13H12BrNO2/c1-17-11-4-2-3-8-5-6-9(7-10(8)11)12(15)13(14)16/h2-7,12H,15H2,1H3. The summed E-state index contributed by atoms with van der Waals surface area (Å²) in [5, 5.41) is 2.01. The van der Waals surface area contributed by atoms with Crippen molar-refractivity contribution in [2.45, 2.75) is 6.04 Å². The first kappa shape index (κ1) is 12.1. The van der Waals surface area contributed by atoms with E-state index < -0.39 is 6.04 Å². The number of hydrogen-bond acceptors (Lipinski definition) is 3. The molecule has 0 saturated heterocycles. The van der Waals surface area contributed by atoms with Crippen molar-refractivity contribution >= 4 is 31.4 Å². The summed E-state index contributed by atoms with van der Waals surface area (Å²) in [6.07, 6.45) is 0. The van der Waals surface area contributed by atoms with Crippen molar-refractivity contribution in [2.24, 2.45) is 5.73 Å². The molecule has 2 rings (SSSR count). The minimum atomic E-state index is -0.649. The van der Waals surface area contributed by atoms with Crippen LogP contribution in [0.1, 0.15) is 11.6 Å². The van der Waals surface area contributed by atoms with Crippen LogP contribution in [0.4, 0.5) is 0 Å². The molecular weight excluding hydrogens is 282 g/mol. The minimum Gasteiger partial charge on any atom is -0.496 e. The Morgan fingerprint density at radius 2 is 2.12 bits per heavy atom. The molecule has 0 saturated carbocycles. The molecule has 0 spiro atoms. The van der Waals surface area contributed by atoms with Crippen LogP contribution in [0.3, 0.4) is 0 Å². The van der Waals surface area contributed by atoms with E-state index >= 15 is 0 Å². The predicted octanol–water partition coefficient (Wildman–Crippen LogP) is 2.77. The van der Waals surface area contributed by atoms with Crippen molar-refractivity contribution in [3.8, 4) is 5.75 Å². The van der Waals surface area contributed by atoms with Gasteiger partial charge in [0.05, 0.1) is 7.11 Å². The minimum absolute atomic E-state index is 0.230. The maximum atomic E-state index is 11.2. The lowest BCUT2D eigenvalue weighted by Crippen LogP contribution is -2.16. The third-order valence-electron chi connectivity index (χ3n) is 2.69. The molecule has 0 aliphatic carbocycles. The van der Waals surface area contributed by atoms with Crippen LogP contribution in [0, 0.1) is 0 Å². The first-order valence-corrected chi connectivity index (χ1v) is 5.94. The van der Waals surface area contributed by atoms with Gasteiger partial charge in [0.25, 0.3) is 0 Å². The first-order chi connectivity index (χ1) is 8.13. The molecule has 2 N–H and O–H groups in total. The quantitative estimate of drug-likeness (QED) is 0.886. The fraction of sp³-hybridized carbons (Fsp3) is 0.154. The van der Waals surface area contributed by atoms with Crippen LogP contribution in [0.25, 0.3) is 10.8 Å². The van der Waals surface area contributed by atoms with Gasteiger partial charge in [0.15, 0.2) is 0 Å². The van der Waals surface area contributed by atoms with Gasteiger partial charge in [-0.3, -0.25) is 4.79 Å². The Bertz CT molecular complexity index is 568. The zero-order valence-electron chi connectivity index (χ0n) is 9.31. The van der Waals surface area contributed by atoms with E-state index in [2.05, 4.69) is 15.9 Å². The zero-order valence-corrected chi connectivity index (χ0v) is 10.9. The number of fused-ring (bicyclic) bond motifs is 1. The monoisotopic (exact) mass is 293 g/mol. The molecule has 3 nitrogen and oxygen atoms in total. The fourth-order valence-corrected chi connectivity index (χ4v) is 2.03. The molecule has 88 valence electrons. The highest BCUT2D eigenvalue weighted by atomic mass is 79.9. The summed E-state index contributed by atoms with van der Waals surface area (Å²) >= 11 is 2.88. The number of methoxy groups -OCH3 is 1. The van der Waals surface area contributed by atoms with E-state index in [1.165, 1.54) is 0 Å². The smallest absolute Gasteiger partial charge is 0.218 e. The number of rotatable bonds is 3. The van der Waals surface area contributed by atoms with E-state index in [1.54, 1.807) is 7.11 Å². The van der Waals surface area contributed by atoms with E-state index in [0.29, 0.717) is 0 Å². The molecule has 2 aromatic carbocycles. The highest BCUT2D eigenvalue weighted by Gasteiger charge is 2.13. The van der Waals surface area contributed by atoms with Gasteiger partial charge in [-0.1, -0.05) is 24.3 Å². The highest BCUT2D eigenvalue weighted by molar-refractivity contribution is 9.18. The van der Waals surface area contributed by atoms with Gasteiger partial charge in [-0.2, -0.15) is 0 Å². The molecule has 0 bridgehead atoms. The molecule has 1 unspecified atom stereocenters. The zero-order chi connectivity index (χ0) is 12.4. The molecule has 0 fully saturated rings. The van der Waals surface area contributed by atoms with Crippen LogP contribution < -0.4 is 10.5 Å². The fourth-order valence-electron chi connectivity index (χ4n) is 1.76. The van der Waals surface area contributed by atoms with Gasteiger partial charge in [0.1, 0.15) is 11.8 Å². The van der Waals surface area contributed by atoms with Crippen molar-refractivity contribution in [1.82, 2.24) is 0 Å². The number of halogens is 1. The van der Waals surface area contributed by atoms with Crippen molar-refractivity contribution in [3.05, 3.63) is 42.0 Å². The van der Waals surface area contributed by atoms with Gasteiger partial charge in [0.2, 0.25) is 4.69 Å². The van der Waals surface area contributed by atoms with Gasteiger partial charge in [-0.15, -0.1) is 0 Å². The number of nitrogens with two attached hydrogens (primary N) is 1. The number of benzene rings is 2. The summed E-state index contributed by atoms with van der Waals surface area (Å²) < 4.78 is 5.06. The largest absolute Gasteiger partial charge is 0.496 e. The number of ether oxygens (including phenoxy) is 1. The molecular formula is C13H12BrNO2. The molecule has 0 aliphatic heterocycles. The summed E-state index contributed by atoms with van der Waals surface area (Å²) in [6.45, 7) is 0. The molecule has 0 aromatic heterocycles. The second-order valence-corrected chi connectivity index (χ2v) is 4.50. The lowest BCUT2D eigenvalue weighted by Gasteiger charge is -2.10. The summed E-state index contributed by atoms with van der Waals surface area (Å²) in [4.78, 5) is 11.2. The summed E-state index contributed by atoms with van der Waals surface area (Å²) in [5.74, 6) is 0.776. The Labute approximate surface area is 108 Å². The van der Waals surface area contributed by atoms with Gasteiger partial charge in [-0.05, 0) is 39.0 Å². The Morgan fingerprint density at radius 1 is 1.35 bits per heavy atom. The van der Waals surface area contributed by atoms with E-state index in [4.69, 9.17) is 10.5 Å². The molecule has 17 heavy (non-hydrogen) atoms. The molecule has 2 aromatic rings. The van der Waals surface area contributed by atoms with E-state index in [0.717, 1.165) is 22.1 Å². The topological polar surface area (TPSA) is 52.3 Å². The lowest BCUT2D eigenvalue weighted by atomic mass is 10.0. The van der Waals surface area contributed by atoms with E-state index in [9.17, 15) is 4.79 Å². The molecule has 0 amide bonds. The molecule has 1 atom stereocenters. The van der Waals surface area contributed by atoms with Crippen molar-refractivity contribution in [3.63, 3.8) is 0 Å². The number of carbonyl (C=O) groups excluding carboxylic acids is 1. The summed E-state index contributed by atoms with van der Waals surface area (Å²) in [5.41, 5.74) is 6.55. The predicted molar refractivity (Wildman–Crippen MR) is 71.4 cm³/mol. The van der Waals surface area contributed by atoms with Gasteiger partial charge >= 0.3 is 0 Å². The third kappa shape index (κ3) is 2.33. The maximum absolute atomic E-state index is 11.2. The molecule has 0 aliphatic rings. The van der Waals surface area contributed by atoms with Crippen LogP contribution in [-0.2, 0) is 4.79 Å². The first-order valence-electron chi connectivity index (χ1n) is 5.15. The Morgan fingerprint density at radius 3 is 2.76 bits per heavy atom. The normalized spacial score (nSPS) is 12.4. The van der Waals surface area contributed by atoms with E-state index in [1.807, 2.05) is 36.4 Å². The van der Waals surface area contributed by atoms with Gasteiger partial charge in [0, 0.05) is 5.39 Å². The summed E-state index contributed by atoms with van der Waals surface area (Å²) in [6, 6.07) is 10.8. The maximum Gasteiger partial charge on any atom is 0.218 e. The summed E-state index contributed by atoms with van der Waals surface area (Å²) in [7, 11) is 1.62. The van der Waals surface area contributed by atoms with Crippen molar-refractivity contribution in [2.75, 3.05) is 7.11 Å². The molecule has 0 heterocycles. The average Bonchev–Trinajstić information content (AvgIpc) is 2.36. The van der Waals surface area contributed by atoms with Gasteiger partial charge in [-0.25, -0.2) is 0 Å². The number of hydrogen-bond donors (Lipinski definition) is 1. The second-order valence-electron chi connectivity index (χ2n) is 3.72. The third-order valence-corrected chi connectivity index (χ3v) is 3.18. The molecule has 0 radical (unpaired) electrons. The van der Waals surface area contributed by atoms with Crippen molar-refractivity contribution < 1.29 is 9.53 Å². The van der Waals surface area contributed by atoms with Crippen molar-refractivity contribution in [1.29, 1.82) is 0 Å². The van der Waals surface area contributed by atoms with Crippen LogP contribution in [0.5, 0.6) is 5.75 Å². The number of carbonyl (C=O) groups is 1. The Kier molecular flexibility index (Phi) is 3.45. The van der Waals surface area contributed by atoms with Gasteiger partial charge < -0.3 is 10.5 Å². The lowest BCUT2D eigenvalue weighted by molar-refractivity contribution is -0.111.